The molecular weight excluding hydrogens is 334 g/mol. The van der Waals surface area contributed by atoms with Gasteiger partial charge in [-0.1, -0.05) is 0 Å². The molecule has 6 nitrogen and oxygen atoms in total. The fourth-order valence-corrected chi connectivity index (χ4v) is 3.41. The maximum absolute atomic E-state index is 12.5. The van der Waals surface area contributed by atoms with Gasteiger partial charge in [-0.25, -0.2) is 9.67 Å². The number of pyridine rings is 1. The van der Waals surface area contributed by atoms with E-state index in [4.69, 9.17) is 0 Å². The van der Waals surface area contributed by atoms with E-state index in [9.17, 15) is 4.79 Å². The van der Waals surface area contributed by atoms with E-state index >= 15 is 0 Å². The topological polar surface area (TPSA) is 72.7 Å². The number of anilines is 1. The van der Waals surface area contributed by atoms with Crippen molar-refractivity contribution in [1.29, 1.82) is 0 Å². The minimum Gasteiger partial charge on any atom is -0.312 e. The summed E-state index contributed by atoms with van der Waals surface area (Å²) in [5, 5.41) is 8.91. The van der Waals surface area contributed by atoms with Crippen LogP contribution >= 0.6 is 11.5 Å². The number of aryl methyl sites for hydroxylation is 2. The summed E-state index contributed by atoms with van der Waals surface area (Å²) in [5.41, 5.74) is 4.16. The molecular formula is C18H15N5OS. The third-order valence-corrected chi connectivity index (χ3v) is 4.63. The lowest BCUT2D eigenvalue weighted by atomic mass is 10.2. The van der Waals surface area contributed by atoms with Gasteiger partial charge in [0.05, 0.1) is 16.8 Å². The van der Waals surface area contributed by atoms with Crippen LogP contribution in [-0.2, 0) is 0 Å². The Morgan fingerprint density at radius 1 is 1.16 bits per heavy atom. The highest BCUT2D eigenvalue weighted by Gasteiger charge is 2.12. The Bertz CT molecular complexity index is 1060. The van der Waals surface area contributed by atoms with Crippen LogP contribution in [-0.4, -0.2) is 25.0 Å². The molecule has 0 fully saturated rings. The van der Waals surface area contributed by atoms with Gasteiger partial charge in [0.25, 0.3) is 5.91 Å². The van der Waals surface area contributed by atoms with Gasteiger partial charge >= 0.3 is 0 Å². The average Bonchev–Trinajstić information content (AvgIpc) is 3.18. The molecule has 0 aliphatic rings. The van der Waals surface area contributed by atoms with E-state index in [2.05, 4.69) is 19.8 Å². The van der Waals surface area contributed by atoms with Crippen molar-refractivity contribution in [3.05, 3.63) is 65.6 Å². The molecule has 0 spiro atoms. The second kappa shape index (κ2) is 6.10. The van der Waals surface area contributed by atoms with Crippen LogP contribution < -0.4 is 5.32 Å². The number of nitrogens with one attached hydrogen (secondary N) is 1. The molecule has 25 heavy (non-hydrogen) atoms. The highest BCUT2D eigenvalue weighted by Crippen LogP contribution is 2.26. The van der Waals surface area contributed by atoms with Crippen molar-refractivity contribution in [3.63, 3.8) is 0 Å². The summed E-state index contributed by atoms with van der Waals surface area (Å²) >= 11 is 1.23. The SMILES string of the molecule is Cc1cc(C)n(-c2ccc(C(=O)Nc3snc4ncccc34)cc2)n1. The van der Waals surface area contributed by atoms with E-state index in [-0.39, 0.29) is 5.91 Å². The first-order valence-electron chi connectivity index (χ1n) is 7.77. The highest BCUT2D eigenvalue weighted by atomic mass is 32.1. The zero-order valence-corrected chi connectivity index (χ0v) is 14.5. The van der Waals surface area contributed by atoms with Crippen molar-refractivity contribution in [2.45, 2.75) is 13.8 Å². The predicted molar refractivity (Wildman–Crippen MR) is 98.4 cm³/mol. The number of rotatable bonds is 3. The molecule has 7 heteroatoms. The summed E-state index contributed by atoms with van der Waals surface area (Å²) in [7, 11) is 0. The Hall–Kier alpha value is -3.06. The lowest BCUT2D eigenvalue weighted by Gasteiger charge is -2.06. The number of carbonyl (C=O) groups excluding carboxylic acids is 1. The number of hydrogen-bond acceptors (Lipinski definition) is 5. The number of nitrogens with zero attached hydrogens (tertiary/aromatic N) is 4. The zero-order chi connectivity index (χ0) is 17.4. The van der Waals surface area contributed by atoms with Gasteiger partial charge in [0.15, 0.2) is 5.65 Å². The zero-order valence-electron chi connectivity index (χ0n) is 13.7. The standard InChI is InChI=1S/C18H15N5OS/c1-11-10-12(2)23(21-11)14-7-5-13(6-8-14)17(24)20-18-15-4-3-9-19-16(15)22-25-18/h3-10H,1-2H3,(H,20,24). The monoisotopic (exact) mass is 349 g/mol. The molecule has 124 valence electrons. The number of fused-ring (bicyclic) bond motifs is 1. The first-order valence-corrected chi connectivity index (χ1v) is 8.54. The largest absolute Gasteiger partial charge is 0.312 e. The number of aromatic nitrogens is 4. The van der Waals surface area contributed by atoms with E-state index < -0.39 is 0 Å². The molecule has 4 aromatic rings. The minimum atomic E-state index is -0.172. The number of carbonyl (C=O) groups is 1. The van der Waals surface area contributed by atoms with Gasteiger partial charge in [-0.2, -0.15) is 9.47 Å². The predicted octanol–water partition coefficient (Wildman–Crippen LogP) is 3.75. The van der Waals surface area contributed by atoms with Crippen molar-refractivity contribution in [1.82, 2.24) is 19.1 Å². The highest BCUT2D eigenvalue weighted by molar-refractivity contribution is 7.12. The molecule has 0 saturated carbocycles. The van der Waals surface area contributed by atoms with Crippen LogP contribution in [0.1, 0.15) is 21.7 Å². The van der Waals surface area contributed by atoms with Crippen LogP contribution in [0.3, 0.4) is 0 Å². The summed E-state index contributed by atoms with van der Waals surface area (Å²) in [5.74, 6) is -0.172. The third-order valence-electron chi connectivity index (χ3n) is 3.87. The molecule has 0 radical (unpaired) electrons. The van der Waals surface area contributed by atoms with Gasteiger partial charge in [0.2, 0.25) is 0 Å². The Morgan fingerprint density at radius 2 is 1.96 bits per heavy atom. The maximum Gasteiger partial charge on any atom is 0.256 e. The van der Waals surface area contributed by atoms with Crippen LogP contribution in [0.5, 0.6) is 0 Å². The summed E-state index contributed by atoms with van der Waals surface area (Å²) in [4.78, 5) is 16.7. The Balaban J connectivity index is 1.57. The molecule has 0 atom stereocenters. The lowest BCUT2D eigenvalue weighted by molar-refractivity contribution is 0.102. The molecule has 1 aromatic carbocycles. The second-order valence-corrected chi connectivity index (χ2v) is 6.50. The molecule has 0 aliphatic heterocycles. The first-order chi connectivity index (χ1) is 12.1. The summed E-state index contributed by atoms with van der Waals surface area (Å²) < 4.78 is 6.10. The molecule has 1 amide bonds. The summed E-state index contributed by atoms with van der Waals surface area (Å²) in [6.45, 7) is 3.96. The number of hydrogen-bond donors (Lipinski definition) is 1. The van der Waals surface area contributed by atoms with E-state index in [1.54, 1.807) is 18.3 Å². The Morgan fingerprint density at radius 3 is 2.68 bits per heavy atom. The average molecular weight is 349 g/mol. The first kappa shape index (κ1) is 15.5. The molecule has 1 N–H and O–H groups in total. The molecule has 3 heterocycles. The molecule has 0 unspecified atom stereocenters. The summed E-state index contributed by atoms with van der Waals surface area (Å²) in [6.07, 6.45) is 1.69. The van der Waals surface area contributed by atoms with Crippen molar-refractivity contribution >= 4 is 33.5 Å². The van der Waals surface area contributed by atoms with Gasteiger partial charge in [-0.3, -0.25) is 4.79 Å². The fourth-order valence-electron chi connectivity index (χ4n) is 2.69. The van der Waals surface area contributed by atoms with Gasteiger partial charge in [-0.15, -0.1) is 0 Å². The second-order valence-electron chi connectivity index (χ2n) is 5.73. The molecule has 3 aromatic heterocycles. The quantitative estimate of drug-likeness (QED) is 0.611. The van der Waals surface area contributed by atoms with Gasteiger partial charge in [0.1, 0.15) is 5.00 Å². The normalized spacial score (nSPS) is 11.0. The van der Waals surface area contributed by atoms with Crippen LogP contribution in [0.2, 0.25) is 0 Å². The van der Waals surface area contributed by atoms with Crippen molar-refractivity contribution in [3.8, 4) is 5.69 Å². The van der Waals surface area contributed by atoms with Crippen LogP contribution in [0.15, 0.2) is 48.7 Å². The fraction of sp³-hybridized carbons (Fsp3) is 0.111. The number of amides is 1. The van der Waals surface area contributed by atoms with Crippen LogP contribution in [0.25, 0.3) is 16.7 Å². The summed E-state index contributed by atoms with van der Waals surface area (Å²) in [6, 6.07) is 13.1. The van der Waals surface area contributed by atoms with E-state index in [0.717, 1.165) is 22.5 Å². The van der Waals surface area contributed by atoms with Crippen molar-refractivity contribution in [2.75, 3.05) is 5.32 Å². The molecule has 4 rings (SSSR count). The van der Waals surface area contributed by atoms with E-state index in [1.165, 1.54) is 11.5 Å². The van der Waals surface area contributed by atoms with Crippen molar-refractivity contribution < 1.29 is 4.79 Å². The van der Waals surface area contributed by atoms with Crippen molar-refractivity contribution in [2.24, 2.45) is 0 Å². The van der Waals surface area contributed by atoms with Gasteiger partial charge in [0, 0.05) is 17.5 Å². The third kappa shape index (κ3) is 2.89. The maximum atomic E-state index is 12.5. The minimum absolute atomic E-state index is 0.172. The molecule has 0 saturated heterocycles. The molecule has 0 aliphatic carbocycles. The van der Waals surface area contributed by atoms with E-state index in [1.807, 2.05) is 48.9 Å². The number of benzene rings is 1. The van der Waals surface area contributed by atoms with Crippen LogP contribution in [0, 0.1) is 13.8 Å². The van der Waals surface area contributed by atoms with Gasteiger partial charge < -0.3 is 5.32 Å². The van der Waals surface area contributed by atoms with E-state index in [0.29, 0.717) is 16.2 Å². The Kier molecular flexibility index (Phi) is 3.77. The molecule has 0 bridgehead atoms. The van der Waals surface area contributed by atoms with Gasteiger partial charge in [-0.05, 0) is 67.8 Å². The van der Waals surface area contributed by atoms with Crippen LogP contribution in [0.4, 0.5) is 5.00 Å². The Labute approximate surface area is 148 Å². The lowest BCUT2D eigenvalue weighted by Crippen LogP contribution is -2.11. The smallest absolute Gasteiger partial charge is 0.256 e.